The molecule has 0 rings (SSSR count). The Morgan fingerprint density at radius 2 is 1.48 bits per heavy atom. The van der Waals surface area contributed by atoms with E-state index in [0.29, 0.717) is 0 Å². The molecule has 4 unspecified atom stereocenters. The third-order valence-electron chi connectivity index (χ3n) is 3.59. The number of hydrogen-bond acceptors (Lipinski definition) is 8. The van der Waals surface area contributed by atoms with Gasteiger partial charge in [-0.3, -0.25) is 24.0 Å². The zero-order valence-electron chi connectivity index (χ0n) is 15.6. The minimum absolute atomic E-state index is 0.131. The molecule has 14 heteroatoms. The number of carbonyl (C=O) groups is 6. The summed E-state index contributed by atoms with van der Waals surface area (Å²) in [7, 11) is 0. The van der Waals surface area contributed by atoms with Crippen molar-refractivity contribution in [1.82, 2.24) is 16.0 Å². The fraction of sp³-hybridized carbons (Fsp3) is 0.600. The number of aliphatic carboxylic acids is 2. The number of carbonyl (C=O) groups excluding carboxylic acids is 4. The van der Waals surface area contributed by atoms with Crippen LogP contribution >= 0.6 is 12.6 Å². The van der Waals surface area contributed by atoms with Gasteiger partial charge < -0.3 is 37.6 Å². The largest absolute Gasteiger partial charge is 0.481 e. The second-order valence-electron chi connectivity index (χ2n) is 6.08. The quantitative estimate of drug-likeness (QED) is 0.134. The molecular formula is C15H25N5O8S. The third-order valence-corrected chi connectivity index (χ3v) is 3.96. The summed E-state index contributed by atoms with van der Waals surface area (Å²) < 4.78 is 0. The molecule has 29 heavy (non-hydrogen) atoms. The standard InChI is InChI=1S/C15H25N5O8S/c1-6(18-13(25)7(16)2-3-11(22)23)12(24)20-9(5-29)14(26)19-8(15(27)28)4-10(17)21/h6-9,29H,2-5,16H2,1H3,(H2,17,21)(H,18,25)(H,19,26)(H,20,24)(H,22,23)(H,27,28). The Hall–Kier alpha value is -2.87. The normalized spacial score (nSPS) is 14.6. The molecule has 0 saturated carbocycles. The minimum atomic E-state index is -1.58. The van der Waals surface area contributed by atoms with Crippen LogP contribution in [0.1, 0.15) is 26.2 Å². The average Bonchev–Trinajstić information content (AvgIpc) is 2.62. The highest BCUT2D eigenvalue weighted by Gasteiger charge is 2.28. The van der Waals surface area contributed by atoms with Gasteiger partial charge in [0.25, 0.3) is 0 Å². The molecule has 0 bridgehead atoms. The van der Waals surface area contributed by atoms with Gasteiger partial charge in [0.15, 0.2) is 0 Å². The molecular weight excluding hydrogens is 410 g/mol. The van der Waals surface area contributed by atoms with E-state index in [1.54, 1.807) is 0 Å². The van der Waals surface area contributed by atoms with E-state index in [1.807, 2.05) is 0 Å². The maximum Gasteiger partial charge on any atom is 0.326 e. The number of thiol groups is 1. The predicted octanol–water partition coefficient (Wildman–Crippen LogP) is -3.46. The molecule has 0 aromatic heterocycles. The second-order valence-corrected chi connectivity index (χ2v) is 6.45. The Morgan fingerprint density at radius 3 is 1.93 bits per heavy atom. The molecule has 0 aliphatic rings. The van der Waals surface area contributed by atoms with Crippen molar-refractivity contribution in [1.29, 1.82) is 0 Å². The van der Waals surface area contributed by atoms with E-state index in [0.717, 1.165) is 0 Å². The lowest BCUT2D eigenvalue weighted by Crippen LogP contribution is -2.57. The first-order valence-corrected chi connectivity index (χ1v) is 9.02. The summed E-state index contributed by atoms with van der Waals surface area (Å²) in [6, 6.07) is -5.12. The Kier molecular flexibility index (Phi) is 11.3. The zero-order valence-corrected chi connectivity index (χ0v) is 16.5. The summed E-state index contributed by atoms with van der Waals surface area (Å²) in [5.74, 6) is -6.24. The number of nitrogens with two attached hydrogens (primary N) is 2. The lowest BCUT2D eigenvalue weighted by atomic mass is 10.1. The van der Waals surface area contributed by atoms with Crippen LogP contribution in [0.2, 0.25) is 0 Å². The molecule has 0 aromatic rings. The molecule has 0 radical (unpaired) electrons. The second kappa shape index (κ2) is 12.6. The minimum Gasteiger partial charge on any atom is -0.481 e. The van der Waals surface area contributed by atoms with Crippen molar-refractivity contribution in [2.45, 2.75) is 50.4 Å². The molecule has 0 aliphatic heterocycles. The van der Waals surface area contributed by atoms with Crippen LogP contribution in [0, 0.1) is 0 Å². The fourth-order valence-electron chi connectivity index (χ4n) is 1.96. The smallest absolute Gasteiger partial charge is 0.326 e. The van der Waals surface area contributed by atoms with Gasteiger partial charge in [0, 0.05) is 12.2 Å². The van der Waals surface area contributed by atoms with E-state index in [9.17, 15) is 28.8 Å². The van der Waals surface area contributed by atoms with E-state index in [4.69, 9.17) is 21.7 Å². The Bertz CT molecular complexity index is 659. The molecule has 0 spiro atoms. The molecule has 13 nitrogen and oxygen atoms in total. The molecule has 0 fully saturated rings. The van der Waals surface area contributed by atoms with Crippen LogP contribution in [-0.2, 0) is 28.8 Å². The van der Waals surface area contributed by atoms with Gasteiger partial charge in [-0.25, -0.2) is 4.79 Å². The van der Waals surface area contributed by atoms with Gasteiger partial charge in [0.05, 0.1) is 12.5 Å². The van der Waals surface area contributed by atoms with E-state index >= 15 is 0 Å². The molecule has 164 valence electrons. The molecule has 0 aliphatic carbocycles. The van der Waals surface area contributed by atoms with Gasteiger partial charge in [-0.2, -0.15) is 12.6 Å². The highest BCUT2D eigenvalue weighted by atomic mass is 32.1. The number of carboxylic acids is 2. The fourth-order valence-corrected chi connectivity index (χ4v) is 2.22. The van der Waals surface area contributed by atoms with E-state index in [1.165, 1.54) is 6.92 Å². The van der Waals surface area contributed by atoms with Crippen molar-refractivity contribution in [2.75, 3.05) is 5.75 Å². The zero-order chi connectivity index (χ0) is 22.7. The van der Waals surface area contributed by atoms with Crippen molar-refractivity contribution in [3.63, 3.8) is 0 Å². The number of carboxylic acid groups (broad SMARTS) is 2. The summed E-state index contributed by atoms with van der Waals surface area (Å²) in [5, 5.41) is 24.2. The van der Waals surface area contributed by atoms with Crippen LogP contribution in [0.5, 0.6) is 0 Å². The van der Waals surface area contributed by atoms with Gasteiger partial charge in [0.1, 0.15) is 18.1 Å². The summed E-state index contributed by atoms with van der Waals surface area (Å²) in [6.45, 7) is 1.30. The lowest BCUT2D eigenvalue weighted by Gasteiger charge is -2.22. The Morgan fingerprint density at radius 1 is 0.931 bits per heavy atom. The highest BCUT2D eigenvalue weighted by Crippen LogP contribution is 1.99. The van der Waals surface area contributed by atoms with Crippen molar-refractivity contribution < 1.29 is 39.0 Å². The number of rotatable bonds is 13. The van der Waals surface area contributed by atoms with E-state index in [2.05, 4.69) is 28.6 Å². The lowest BCUT2D eigenvalue weighted by molar-refractivity contribution is -0.143. The Labute approximate surface area is 171 Å². The SMILES string of the molecule is CC(NC(=O)C(N)CCC(=O)O)C(=O)NC(CS)C(=O)NC(CC(N)=O)C(=O)O. The number of primary amides is 1. The number of hydrogen-bond donors (Lipinski definition) is 8. The van der Waals surface area contributed by atoms with Crippen molar-refractivity contribution in [2.24, 2.45) is 11.5 Å². The summed E-state index contributed by atoms with van der Waals surface area (Å²) in [4.78, 5) is 68.6. The van der Waals surface area contributed by atoms with Gasteiger partial charge in [-0.15, -0.1) is 0 Å². The van der Waals surface area contributed by atoms with Crippen molar-refractivity contribution in [3.8, 4) is 0 Å². The maximum absolute atomic E-state index is 12.2. The van der Waals surface area contributed by atoms with Crippen molar-refractivity contribution in [3.05, 3.63) is 0 Å². The first kappa shape index (κ1) is 26.1. The van der Waals surface area contributed by atoms with Crippen LogP contribution in [0.15, 0.2) is 0 Å². The summed E-state index contributed by atoms with van der Waals surface area (Å²) in [5.41, 5.74) is 10.5. The molecule has 4 atom stereocenters. The molecule has 9 N–H and O–H groups in total. The molecule has 0 saturated heterocycles. The van der Waals surface area contributed by atoms with Crippen LogP contribution in [0.4, 0.5) is 0 Å². The molecule has 4 amide bonds. The van der Waals surface area contributed by atoms with Gasteiger partial charge in [-0.1, -0.05) is 0 Å². The number of amides is 4. The maximum atomic E-state index is 12.2. The Balaban J connectivity index is 4.81. The van der Waals surface area contributed by atoms with Gasteiger partial charge in [0.2, 0.25) is 23.6 Å². The van der Waals surface area contributed by atoms with E-state index in [-0.39, 0.29) is 18.6 Å². The van der Waals surface area contributed by atoms with Crippen LogP contribution < -0.4 is 27.4 Å². The topological polar surface area (TPSA) is 231 Å². The van der Waals surface area contributed by atoms with Crippen molar-refractivity contribution >= 4 is 48.2 Å². The first-order chi connectivity index (χ1) is 13.4. The third kappa shape index (κ3) is 10.3. The van der Waals surface area contributed by atoms with Crippen LogP contribution in [0.25, 0.3) is 0 Å². The summed E-state index contributed by atoms with van der Waals surface area (Å²) in [6.07, 6.45) is -1.10. The predicted molar refractivity (Wildman–Crippen MR) is 102 cm³/mol. The molecule has 0 heterocycles. The van der Waals surface area contributed by atoms with Gasteiger partial charge >= 0.3 is 11.9 Å². The van der Waals surface area contributed by atoms with E-state index < -0.39 is 66.2 Å². The molecule has 0 aromatic carbocycles. The average molecular weight is 435 g/mol. The monoisotopic (exact) mass is 435 g/mol. The number of nitrogens with one attached hydrogen (secondary N) is 3. The van der Waals surface area contributed by atoms with Gasteiger partial charge in [-0.05, 0) is 13.3 Å². The summed E-state index contributed by atoms with van der Waals surface area (Å²) >= 11 is 3.91. The van der Waals surface area contributed by atoms with Crippen LogP contribution in [0.3, 0.4) is 0 Å². The van der Waals surface area contributed by atoms with Crippen LogP contribution in [-0.4, -0.2) is 75.7 Å². The highest BCUT2D eigenvalue weighted by molar-refractivity contribution is 7.80. The first-order valence-electron chi connectivity index (χ1n) is 8.39.